The zero-order valence-electron chi connectivity index (χ0n) is 14.9. The molecule has 3 rings (SSSR count). The van der Waals surface area contributed by atoms with Crippen LogP contribution in [0.5, 0.6) is 0 Å². The summed E-state index contributed by atoms with van der Waals surface area (Å²) in [5.41, 5.74) is -1.81. The minimum atomic E-state index is -0.701. The molecule has 0 N–H and O–H groups in total. The first kappa shape index (κ1) is 17.4. The van der Waals surface area contributed by atoms with Gasteiger partial charge in [-0.15, -0.1) is 6.58 Å². The summed E-state index contributed by atoms with van der Waals surface area (Å²) in [6.07, 6.45) is 5.49. The van der Waals surface area contributed by atoms with Crippen LogP contribution in [-0.4, -0.2) is 24.3 Å². The van der Waals surface area contributed by atoms with E-state index in [-0.39, 0.29) is 23.7 Å². The van der Waals surface area contributed by atoms with Crippen LogP contribution >= 0.6 is 0 Å². The van der Waals surface area contributed by atoms with Gasteiger partial charge < -0.3 is 9.53 Å². The minimum absolute atomic E-state index is 0.196. The van der Waals surface area contributed by atoms with E-state index in [1.54, 1.807) is 6.08 Å². The first-order chi connectivity index (χ1) is 11.3. The molecule has 4 heteroatoms. The predicted octanol–water partition coefficient (Wildman–Crippen LogP) is 3.46. The molecule has 1 saturated heterocycles. The van der Waals surface area contributed by atoms with Gasteiger partial charge in [0.15, 0.2) is 6.10 Å². The lowest BCUT2D eigenvalue weighted by atomic mass is 9.46. The van der Waals surface area contributed by atoms with Gasteiger partial charge >= 0.3 is 0 Å². The first-order valence-corrected chi connectivity index (χ1v) is 8.98. The van der Waals surface area contributed by atoms with Crippen LogP contribution in [0.25, 0.3) is 0 Å². The molecule has 1 aliphatic heterocycles. The molecule has 0 aromatic heterocycles. The summed E-state index contributed by atoms with van der Waals surface area (Å²) in [4.78, 5) is 24.6. The predicted molar refractivity (Wildman–Crippen MR) is 89.9 cm³/mol. The van der Waals surface area contributed by atoms with Gasteiger partial charge in [-0.2, -0.15) is 5.26 Å². The average Bonchev–Trinajstić information content (AvgIpc) is 3.05. The molecule has 3 aliphatic rings. The Bertz CT molecular complexity index is 613. The summed E-state index contributed by atoms with van der Waals surface area (Å²) in [6.45, 7) is 9.93. The summed E-state index contributed by atoms with van der Waals surface area (Å²) < 4.78 is 6.22. The van der Waals surface area contributed by atoms with Crippen molar-refractivity contribution < 1.29 is 14.3 Å². The van der Waals surface area contributed by atoms with Crippen molar-refractivity contribution in [2.45, 2.75) is 65.1 Å². The van der Waals surface area contributed by atoms with Crippen molar-refractivity contribution in [2.75, 3.05) is 0 Å². The molecule has 7 atom stereocenters. The van der Waals surface area contributed by atoms with E-state index in [1.807, 2.05) is 6.92 Å². The Morgan fingerprint density at radius 2 is 2.17 bits per heavy atom. The molecule has 0 radical (unpaired) electrons. The third-order valence-electron chi connectivity index (χ3n) is 7.55. The van der Waals surface area contributed by atoms with E-state index < -0.39 is 22.3 Å². The molecule has 0 bridgehead atoms. The quantitative estimate of drug-likeness (QED) is 0.585. The van der Waals surface area contributed by atoms with Crippen molar-refractivity contribution in [3.63, 3.8) is 0 Å². The van der Waals surface area contributed by atoms with Crippen LogP contribution in [0.4, 0.5) is 0 Å². The number of carbonyl (C=O) groups is 2. The molecular formula is C20H27NO3. The molecule has 1 heterocycles. The lowest BCUT2D eigenvalue weighted by molar-refractivity contribution is -0.142. The smallest absolute Gasteiger partial charge is 0.157 e. The fraction of sp³-hybridized carbons (Fsp3) is 0.750. The molecule has 3 fully saturated rings. The largest absolute Gasteiger partial charge is 0.358 e. The maximum Gasteiger partial charge on any atom is 0.157 e. The number of ketones is 1. The van der Waals surface area contributed by atoms with Gasteiger partial charge in [0.1, 0.15) is 12.1 Å². The molecule has 4 nitrogen and oxygen atoms in total. The maximum absolute atomic E-state index is 13.1. The summed E-state index contributed by atoms with van der Waals surface area (Å²) >= 11 is 0. The van der Waals surface area contributed by atoms with Gasteiger partial charge in [0.05, 0.1) is 17.6 Å². The Balaban J connectivity index is 2.12. The van der Waals surface area contributed by atoms with Crippen LogP contribution in [0.2, 0.25) is 0 Å². The number of carbonyl (C=O) groups excluding carboxylic acids is 2. The zero-order chi connectivity index (χ0) is 17.8. The average molecular weight is 329 g/mol. The van der Waals surface area contributed by atoms with Gasteiger partial charge in [-0.05, 0) is 44.4 Å². The summed E-state index contributed by atoms with van der Waals surface area (Å²) in [5, 5.41) is 9.78. The van der Waals surface area contributed by atoms with E-state index in [1.165, 1.54) is 0 Å². The van der Waals surface area contributed by atoms with Gasteiger partial charge in [-0.3, -0.25) is 4.79 Å². The lowest BCUT2D eigenvalue weighted by Crippen LogP contribution is -2.58. The van der Waals surface area contributed by atoms with Crippen LogP contribution in [-0.2, 0) is 14.3 Å². The molecule has 2 aliphatic carbocycles. The van der Waals surface area contributed by atoms with E-state index in [0.29, 0.717) is 12.8 Å². The Morgan fingerprint density at radius 3 is 2.75 bits per heavy atom. The van der Waals surface area contributed by atoms with Crippen LogP contribution in [0.3, 0.4) is 0 Å². The molecule has 0 aromatic rings. The molecular weight excluding hydrogens is 302 g/mol. The van der Waals surface area contributed by atoms with Crippen LogP contribution in [0.15, 0.2) is 12.7 Å². The fourth-order valence-corrected chi connectivity index (χ4v) is 5.85. The normalized spacial score (nSPS) is 46.5. The highest BCUT2D eigenvalue weighted by Crippen LogP contribution is 2.70. The standard InChI is InChI=1S/C20H27NO3/c1-5-18(3,12-22)10-16-19(4)13(2)6-7-14-8-9-15(23)20(14,19)17(11-21)24-16/h5,12-14,16-17H,1,6-10H2,2-4H3/t13-,14+,16+,17+,18-,19+,20+/m1/s1. The van der Waals surface area contributed by atoms with Crippen LogP contribution in [0, 0.1) is 39.4 Å². The highest BCUT2D eigenvalue weighted by Gasteiger charge is 2.74. The number of allylic oxidation sites excluding steroid dienone is 1. The Morgan fingerprint density at radius 1 is 1.46 bits per heavy atom. The summed E-state index contributed by atoms with van der Waals surface area (Å²) in [7, 11) is 0. The first-order valence-electron chi connectivity index (χ1n) is 8.98. The highest BCUT2D eigenvalue weighted by atomic mass is 16.5. The van der Waals surface area contributed by atoms with Gasteiger partial charge in [-0.25, -0.2) is 0 Å². The SMILES string of the molecule is C=C[C@@](C)(C=O)C[C@@H]1O[C@@H](C#N)[C@@]23C(=O)CC[C@@H]2CC[C@@H](C)[C@@]13C. The van der Waals surface area contributed by atoms with Crippen molar-refractivity contribution in [1.82, 2.24) is 0 Å². The molecule has 0 unspecified atom stereocenters. The number of nitriles is 1. The van der Waals surface area contributed by atoms with Crippen molar-refractivity contribution >= 4 is 12.1 Å². The molecule has 130 valence electrons. The third kappa shape index (κ3) is 1.88. The molecule has 24 heavy (non-hydrogen) atoms. The highest BCUT2D eigenvalue weighted by molar-refractivity contribution is 5.90. The Kier molecular flexibility index (Phi) is 3.99. The number of Topliss-reactive ketones (excluding diaryl/α,β-unsaturated/α-hetero) is 1. The maximum atomic E-state index is 13.1. The minimum Gasteiger partial charge on any atom is -0.358 e. The Hall–Kier alpha value is -1.47. The van der Waals surface area contributed by atoms with Crippen molar-refractivity contribution in [3.05, 3.63) is 12.7 Å². The van der Waals surface area contributed by atoms with E-state index in [2.05, 4.69) is 26.5 Å². The van der Waals surface area contributed by atoms with Crippen LogP contribution < -0.4 is 0 Å². The van der Waals surface area contributed by atoms with Crippen molar-refractivity contribution in [1.29, 1.82) is 5.26 Å². The number of aldehydes is 1. The van der Waals surface area contributed by atoms with Crippen molar-refractivity contribution in [3.8, 4) is 6.07 Å². The van der Waals surface area contributed by atoms with Gasteiger partial charge in [0, 0.05) is 17.3 Å². The third-order valence-corrected chi connectivity index (χ3v) is 7.55. The van der Waals surface area contributed by atoms with Gasteiger partial charge in [0.2, 0.25) is 0 Å². The molecule has 0 aromatic carbocycles. The summed E-state index contributed by atoms with van der Waals surface area (Å²) in [5.74, 6) is 0.703. The molecule has 1 spiro atoms. The van der Waals surface area contributed by atoms with Gasteiger partial charge in [-0.1, -0.05) is 19.9 Å². The number of ether oxygens (including phenoxy) is 1. The van der Waals surface area contributed by atoms with E-state index in [9.17, 15) is 14.9 Å². The van der Waals surface area contributed by atoms with Crippen molar-refractivity contribution in [2.24, 2.45) is 28.1 Å². The second kappa shape index (κ2) is 5.52. The lowest BCUT2D eigenvalue weighted by Gasteiger charge is -2.53. The number of hydrogen-bond acceptors (Lipinski definition) is 4. The van der Waals surface area contributed by atoms with E-state index in [0.717, 1.165) is 25.5 Å². The molecule has 2 saturated carbocycles. The monoisotopic (exact) mass is 329 g/mol. The van der Waals surface area contributed by atoms with E-state index >= 15 is 0 Å². The fourth-order valence-electron chi connectivity index (χ4n) is 5.85. The van der Waals surface area contributed by atoms with Crippen LogP contribution in [0.1, 0.15) is 52.9 Å². The summed E-state index contributed by atoms with van der Waals surface area (Å²) in [6, 6.07) is 2.30. The zero-order valence-corrected chi connectivity index (χ0v) is 14.9. The number of nitrogens with zero attached hydrogens (tertiary/aromatic N) is 1. The number of hydrogen-bond donors (Lipinski definition) is 0. The molecule has 0 amide bonds. The second-order valence-corrected chi connectivity index (χ2v) is 8.45. The van der Waals surface area contributed by atoms with E-state index in [4.69, 9.17) is 4.74 Å². The second-order valence-electron chi connectivity index (χ2n) is 8.45. The Labute approximate surface area is 144 Å². The topological polar surface area (TPSA) is 67.2 Å². The number of rotatable bonds is 4. The van der Waals surface area contributed by atoms with Gasteiger partial charge in [0.25, 0.3) is 0 Å².